The Balaban J connectivity index is 1.76. The first-order chi connectivity index (χ1) is 8.97. The summed E-state index contributed by atoms with van der Waals surface area (Å²) < 4.78 is 38.2. The van der Waals surface area contributed by atoms with E-state index in [-0.39, 0.29) is 12.5 Å². The van der Waals surface area contributed by atoms with Gasteiger partial charge in [-0.05, 0) is 45.7 Å². The molecule has 1 saturated heterocycles. The molecule has 19 heavy (non-hydrogen) atoms. The summed E-state index contributed by atoms with van der Waals surface area (Å²) in [6, 6.07) is 0.552. The second kappa shape index (κ2) is 6.44. The van der Waals surface area contributed by atoms with Crippen molar-refractivity contribution < 1.29 is 13.2 Å². The molecule has 1 N–H and O–H groups in total. The first kappa shape index (κ1) is 15.1. The molecule has 3 unspecified atom stereocenters. The summed E-state index contributed by atoms with van der Waals surface area (Å²) in [4.78, 5) is 2.33. The highest BCUT2D eigenvalue weighted by Gasteiger charge is 2.42. The molecule has 2 fully saturated rings. The summed E-state index contributed by atoms with van der Waals surface area (Å²) >= 11 is 0. The van der Waals surface area contributed by atoms with E-state index in [1.807, 2.05) is 0 Å². The molecule has 1 saturated carbocycles. The van der Waals surface area contributed by atoms with Crippen molar-refractivity contribution in [2.45, 2.75) is 63.2 Å². The zero-order valence-corrected chi connectivity index (χ0v) is 11.7. The average molecular weight is 278 g/mol. The summed E-state index contributed by atoms with van der Waals surface area (Å²) in [5.41, 5.74) is 0. The van der Waals surface area contributed by atoms with Gasteiger partial charge in [-0.25, -0.2) is 0 Å². The fourth-order valence-corrected chi connectivity index (χ4v) is 3.38. The number of likely N-dealkylation sites (N-methyl/N-ethyl adjacent to an activating group) is 1. The normalized spacial score (nSPS) is 34.4. The lowest BCUT2D eigenvalue weighted by molar-refractivity contribution is -0.183. The van der Waals surface area contributed by atoms with Crippen LogP contribution in [0.2, 0.25) is 0 Å². The number of rotatable bonds is 3. The minimum Gasteiger partial charge on any atom is -0.312 e. The van der Waals surface area contributed by atoms with Gasteiger partial charge in [-0.3, -0.25) is 0 Å². The quantitative estimate of drug-likeness (QED) is 0.853. The first-order valence-electron chi connectivity index (χ1n) is 7.47. The van der Waals surface area contributed by atoms with Gasteiger partial charge >= 0.3 is 6.18 Å². The maximum atomic E-state index is 12.7. The second-order valence-electron chi connectivity index (χ2n) is 6.14. The zero-order chi connectivity index (χ0) is 13.9. The molecule has 0 radical (unpaired) electrons. The third-order valence-electron chi connectivity index (χ3n) is 4.70. The van der Waals surface area contributed by atoms with E-state index in [1.54, 1.807) is 0 Å². The van der Waals surface area contributed by atoms with Crippen molar-refractivity contribution in [3.05, 3.63) is 0 Å². The van der Waals surface area contributed by atoms with Crippen LogP contribution in [0, 0.1) is 5.92 Å². The Morgan fingerprint density at radius 3 is 2.58 bits per heavy atom. The maximum Gasteiger partial charge on any atom is 0.391 e. The number of hydrogen-bond donors (Lipinski definition) is 1. The molecule has 0 aromatic heterocycles. The molecule has 2 aliphatic rings. The SMILES string of the molecule is CN1CCCCC1CNC1CCCC(C(F)(F)F)C1. The molecule has 1 aliphatic carbocycles. The molecule has 2 nitrogen and oxygen atoms in total. The highest BCUT2D eigenvalue weighted by molar-refractivity contribution is 4.84. The monoisotopic (exact) mass is 278 g/mol. The lowest BCUT2D eigenvalue weighted by Gasteiger charge is -2.36. The molecule has 5 heteroatoms. The van der Waals surface area contributed by atoms with Crippen molar-refractivity contribution in [2.24, 2.45) is 5.92 Å². The Hall–Kier alpha value is -0.290. The minimum absolute atomic E-state index is 0.0516. The number of alkyl halides is 3. The molecule has 3 atom stereocenters. The first-order valence-corrected chi connectivity index (χ1v) is 7.47. The van der Waals surface area contributed by atoms with E-state index in [9.17, 15) is 13.2 Å². The molecular weight excluding hydrogens is 253 g/mol. The number of nitrogens with zero attached hydrogens (tertiary/aromatic N) is 1. The summed E-state index contributed by atoms with van der Waals surface area (Å²) in [5, 5.41) is 3.38. The average Bonchev–Trinajstić information content (AvgIpc) is 2.37. The smallest absolute Gasteiger partial charge is 0.312 e. The maximum absolute atomic E-state index is 12.7. The number of halogens is 3. The van der Waals surface area contributed by atoms with E-state index in [4.69, 9.17) is 0 Å². The summed E-state index contributed by atoms with van der Waals surface area (Å²) in [5.74, 6) is -1.09. The number of nitrogens with one attached hydrogen (secondary N) is 1. The van der Waals surface area contributed by atoms with E-state index in [2.05, 4.69) is 17.3 Å². The van der Waals surface area contributed by atoms with Crippen LogP contribution in [0.15, 0.2) is 0 Å². The van der Waals surface area contributed by atoms with Gasteiger partial charge in [0.05, 0.1) is 5.92 Å². The van der Waals surface area contributed by atoms with Gasteiger partial charge in [0.15, 0.2) is 0 Å². The van der Waals surface area contributed by atoms with Crippen molar-refractivity contribution in [2.75, 3.05) is 20.1 Å². The molecule has 0 aromatic carbocycles. The van der Waals surface area contributed by atoms with Gasteiger partial charge in [-0.1, -0.05) is 12.8 Å². The van der Waals surface area contributed by atoms with Crippen molar-refractivity contribution in [1.29, 1.82) is 0 Å². The van der Waals surface area contributed by atoms with Crippen LogP contribution >= 0.6 is 0 Å². The van der Waals surface area contributed by atoms with Crippen molar-refractivity contribution in [1.82, 2.24) is 10.2 Å². The van der Waals surface area contributed by atoms with Crippen LogP contribution in [0.25, 0.3) is 0 Å². The topological polar surface area (TPSA) is 15.3 Å². The molecule has 1 heterocycles. The molecule has 112 valence electrons. The minimum atomic E-state index is -4.01. The molecule has 0 aromatic rings. The molecule has 2 rings (SSSR count). The Bertz CT molecular complexity index is 280. The van der Waals surface area contributed by atoms with E-state index in [0.29, 0.717) is 18.9 Å². The molecular formula is C14H25F3N2. The Morgan fingerprint density at radius 1 is 1.11 bits per heavy atom. The van der Waals surface area contributed by atoms with E-state index >= 15 is 0 Å². The van der Waals surface area contributed by atoms with Crippen LogP contribution in [0.4, 0.5) is 13.2 Å². The Morgan fingerprint density at radius 2 is 1.89 bits per heavy atom. The fourth-order valence-electron chi connectivity index (χ4n) is 3.38. The highest BCUT2D eigenvalue weighted by Crippen LogP contribution is 2.37. The third-order valence-corrected chi connectivity index (χ3v) is 4.70. The van der Waals surface area contributed by atoms with Crippen LogP contribution in [-0.4, -0.2) is 43.3 Å². The largest absolute Gasteiger partial charge is 0.391 e. The van der Waals surface area contributed by atoms with Crippen LogP contribution < -0.4 is 5.32 Å². The van der Waals surface area contributed by atoms with E-state index in [1.165, 1.54) is 19.3 Å². The van der Waals surface area contributed by atoms with Gasteiger partial charge in [0, 0.05) is 18.6 Å². The Kier molecular flexibility index (Phi) is 5.12. The van der Waals surface area contributed by atoms with E-state index in [0.717, 1.165) is 19.5 Å². The highest BCUT2D eigenvalue weighted by atomic mass is 19.4. The van der Waals surface area contributed by atoms with Gasteiger partial charge in [-0.2, -0.15) is 13.2 Å². The summed E-state index contributed by atoms with van der Waals surface area (Å²) in [6.07, 6.45) is 1.80. The third kappa shape index (κ3) is 4.35. The molecule has 0 amide bonds. The van der Waals surface area contributed by atoms with Crippen LogP contribution in [0.5, 0.6) is 0 Å². The molecule has 0 spiro atoms. The lowest BCUT2D eigenvalue weighted by Crippen LogP contribution is -2.47. The van der Waals surface area contributed by atoms with Gasteiger partial charge < -0.3 is 10.2 Å². The van der Waals surface area contributed by atoms with Crippen molar-refractivity contribution >= 4 is 0 Å². The predicted octanol–water partition coefficient (Wildman–Crippen LogP) is 3.18. The van der Waals surface area contributed by atoms with Gasteiger partial charge in [-0.15, -0.1) is 0 Å². The number of hydrogen-bond acceptors (Lipinski definition) is 2. The number of likely N-dealkylation sites (tertiary alicyclic amines) is 1. The van der Waals surface area contributed by atoms with Crippen LogP contribution in [0.1, 0.15) is 44.9 Å². The predicted molar refractivity (Wildman–Crippen MR) is 70.1 cm³/mol. The van der Waals surface area contributed by atoms with Gasteiger partial charge in [0.1, 0.15) is 0 Å². The van der Waals surface area contributed by atoms with Crippen LogP contribution in [-0.2, 0) is 0 Å². The lowest BCUT2D eigenvalue weighted by atomic mass is 9.85. The van der Waals surface area contributed by atoms with Crippen molar-refractivity contribution in [3.63, 3.8) is 0 Å². The van der Waals surface area contributed by atoms with Crippen molar-refractivity contribution in [3.8, 4) is 0 Å². The summed E-state index contributed by atoms with van der Waals surface area (Å²) in [6.45, 7) is 1.95. The second-order valence-corrected chi connectivity index (χ2v) is 6.14. The van der Waals surface area contributed by atoms with Gasteiger partial charge in [0.2, 0.25) is 0 Å². The Labute approximate surface area is 113 Å². The standard InChI is InChI=1S/C14H25F3N2/c1-19-8-3-2-7-13(19)10-18-12-6-4-5-11(9-12)14(15,16)17/h11-13,18H,2-10H2,1H3. The number of piperidine rings is 1. The molecule has 0 bridgehead atoms. The summed E-state index contributed by atoms with van der Waals surface area (Å²) in [7, 11) is 2.12. The zero-order valence-electron chi connectivity index (χ0n) is 11.7. The van der Waals surface area contributed by atoms with E-state index < -0.39 is 12.1 Å². The fraction of sp³-hybridized carbons (Fsp3) is 1.00. The van der Waals surface area contributed by atoms with Crippen LogP contribution in [0.3, 0.4) is 0 Å². The van der Waals surface area contributed by atoms with Gasteiger partial charge in [0.25, 0.3) is 0 Å². The molecule has 1 aliphatic heterocycles.